The molecule has 0 unspecified atom stereocenters. The van der Waals surface area contributed by atoms with Crippen molar-refractivity contribution >= 4 is 33.2 Å². The Hall–Kier alpha value is -1.81. The van der Waals surface area contributed by atoms with Crippen LogP contribution in [0.25, 0.3) is 0 Å². The van der Waals surface area contributed by atoms with Crippen LogP contribution in [-0.2, 0) is 4.79 Å². The first kappa shape index (κ1) is 15.6. The summed E-state index contributed by atoms with van der Waals surface area (Å²) in [5.41, 5.74) is 1.97. The van der Waals surface area contributed by atoms with Crippen LogP contribution in [0.5, 0.6) is 0 Å². The van der Waals surface area contributed by atoms with Gasteiger partial charge in [-0.05, 0) is 37.3 Å². The fraction of sp³-hybridized carbons (Fsp3) is 0.235. The Balaban J connectivity index is 1.89. The van der Waals surface area contributed by atoms with Gasteiger partial charge in [-0.1, -0.05) is 40.2 Å². The second kappa shape index (κ2) is 7.84. The van der Waals surface area contributed by atoms with E-state index in [1.54, 1.807) is 0 Å². The highest BCUT2D eigenvalue weighted by atomic mass is 79.9. The molecule has 0 fully saturated rings. The van der Waals surface area contributed by atoms with E-state index in [2.05, 4.69) is 21.2 Å². The van der Waals surface area contributed by atoms with E-state index < -0.39 is 0 Å². The van der Waals surface area contributed by atoms with E-state index in [0.717, 1.165) is 15.8 Å². The largest absolute Gasteiger partial charge is 0.384 e. The molecule has 2 aromatic rings. The van der Waals surface area contributed by atoms with Gasteiger partial charge in [-0.15, -0.1) is 0 Å². The summed E-state index contributed by atoms with van der Waals surface area (Å²) < 4.78 is 1.03. The van der Waals surface area contributed by atoms with Gasteiger partial charge in [-0.3, -0.25) is 4.79 Å². The van der Waals surface area contributed by atoms with Crippen LogP contribution < -0.4 is 10.2 Å². The Morgan fingerprint density at radius 1 is 1.14 bits per heavy atom. The molecule has 1 N–H and O–H groups in total. The highest BCUT2D eigenvalue weighted by molar-refractivity contribution is 9.10. The monoisotopic (exact) mass is 346 g/mol. The van der Waals surface area contributed by atoms with Gasteiger partial charge in [-0.25, -0.2) is 0 Å². The molecule has 0 atom stereocenters. The van der Waals surface area contributed by atoms with E-state index in [0.29, 0.717) is 19.5 Å². The fourth-order valence-corrected chi connectivity index (χ4v) is 2.56. The Morgan fingerprint density at radius 2 is 1.90 bits per heavy atom. The average Bonchev–Trinajstić information content (AvgIpc) is 2.49. The lowest BCUT2D eigenvalue weighted by molar-refractivity contribution is -0.118. The molecule has 3 nitrogen and oxygen atoms in total. The number of benzene rings is 2. The van der Waals surface area contributed by atoms with Gasteiger partial charge in [0, 0.05) is 35.4 Å². The molecule has 0 aliphatic heterocycles. The van der Waals surface area contributed by atoms with E-state index >= 15 is 0 Å². The number of rotatable bonds is 6. The second-order valence-electron chi connectivity index (χ2n) is 4.66. The van der Waals surface area contributed by atoms with E-state index in [-0.39, 0.29) is 5.91 Å². The highest BCUT2D eigenvalue weighted by Gasteiger charge is 2.12. The summed E-state index contributed by atoms with van der Waals surface area (Å²) in [5.74, 6) is 0.131. The van der Waals surface area contributed by atoms with Crippen molar-refractivity contribution in [2.24, 2.45) is 0 Å². The molecule has 2 aromatic carbocycles. The van der Waals surface area contributed by atoms with Gasteiger partial charge in [0.2, 0.25) is 5.91 Å². The molecule has 0 heterocycles. The van der Waals surface area contributed by atoms with E-state index in [1.165, 1.54) is 0 Å². The number of nitrogens with zero attached hydrogens (tertiary/aromatic N) is 1. The second-order valence-corrected chi connectivity index (χ2v) is 5.58. The average molecular weight is 347 g/mol. The third-order valence-electron chi connectivity index (χ3n) is 3.18. The minimum Gasteiger partial charge on any atom is -0.384 e. The third kappa shape index (κ3) is 4.60. The van der Waals surface area contributed by atoms with E-state index in [4.69, 9.17) is 0 Å². The topological polar surface area (TPSA) is 32.3 Å². The van der Waals surface area contributed by atoms with Gasteiger partial charge in [-0.2, -0.15) is 0 Å². The fourth-order valence-electron chi connectivity index (χ4n) is 2.16. The maximum Gasteiger partial charge on any atom is 0.228 e. The van der Waals surface area contributed by atoms with Crippen LogP contribution in [-0.4, -0.2) is 19.0 Å². The van der Waals surface area contributed by atoms with Crippen LogP contribution in [0.3, 0.4) is 0 Å². The van der Waals surface area contributed by atoms with Crippen LogP contribution in [0.1, 0.15) is 13.3 Å². The van der Waals surface area contributed by atoms with Gasteiger partial charge >= 0.3 is 0 Å². The smallest absolute Gasteiger partial charge is 0.228 e. The molecule has 0 bridgehead atoms. The minimum absolute atomic E-state index is 0.131. The van der Waals surface area contributed by atoms with Gasteiger partial charge < -0.3 is 10.2 Å². The van der Waals surface area contributed by atoms with Crippen molar-refractivity contribution in [3.8, 4) is 0 Å². The Labute approximate surface area is 134 Å². The predicted molar refractivity (Wildman–Crippen MR) is 91.7 cm³/mol. The summed E-state index contributed by atoms with van der Waals surface area (Å²) in [6.07, 6.45) is 0.468. The van der Waals surface area contributed by atoms with E-state index in [1.807, 2.05) is 66.4 Å². The molecule has 0 aliphatic rings. The number of para-hydroxylation sites is 1. The highest BCUT2D eigenvalue weighted by Crippen LogP contribution is 2.16. The number of hydrogen-bond acceptors (Lipinski definition) is 2. The van der Waals surface area contributed by atoms with Crippen LogP contribution in [0.15, 0.2) is 59.1 Å². The summed E-state index contributed by atoms with van der Waals surface area (Å²) in [6.45, 7) is 3.30. The van der Waals surface area contributed by atoms with Crippen molar-refractivity contribution in [2.45, 2.75) is 13.3 Å². The molecule has 2 rings (SSSR count). The summed E-state index contributed by atoms with van der Waals surface area (Å²) in [5, 5.41) is 3.27. The van der Waals surface area contributed by atoms with Crippen LogP contribution in [0, 0.1) is 0 Å². The van der Waals surface area contributed by atoms with Gasteiger partial charge in [0.15, 0.2) is 0 Å². The lowest BCUT2D eigenvalue weighted by Crippen LogP contribution is -2.31. The molecular formula is C17H19BrN2O. The minimum atomic E-state index is 0.131. The van der Waals surface area contributed by atoms with Gasteiger partial charge in [0.25, 0.3) is 0 Å². The molecule has 4 heteroatoms. The zero-order valence-electron chi connectivity index (χ0n) is 12.1. The molecule has 0 aromatic heterocycles. The van der Waals surface area contributed by atoms with Gasteiger partial charge in [0.05, 0.1) is 0 Å². The number of amides is 1. The molecule has 0 radical (unpaired) electrons. The standard InChI is InChI=1S/C17H19BrN2O/c1-2-20(16-9-4-3-5-10-16)17(21)11-12-19-15-8-6-7-14(18)13-15/h3-10,13,19H,2,11-12H2,1H3. The normalized spacial score (nSPS) is 10.2. The number of carbonyl (C=O) groups is 1. The van der Waals surface area contributed by atoms with Crippen molar-refractivity contribution < 1.29 is 4.79 Å². The lowest BCUT2D eigenvalue weighted by atomic mass is 10.2. The van der Waals surface area contributed by atoms with Crippen molar-refractivity contribution in [1.82, 2.24) is 0 Å². The zero-order valence-corrected chi connectivity index (χ0v) is 13.6. The molecule has 0 aliphatic carbocycles. The SMILES string of the molecule is CCN(C(=O)CCNc1cccc(Br)c1)c1ccccc1. The van der Waals surface area contributed by atoms with Crippen LogP contribution >= 0.6 is 15.9 Å². The maximum absolute atomic E-state index is 12.3. The zero-order chi connectivity index (χ0) is 15.1. The van der Waals surface area contributed by atoms with E-state index in [9.17, 15) is 4.79 Å². The molecule has 110 valence electrons. The van der Waals surface area contributed by atoms with Crippen molar-refractivity contribution in [1.29, 1.82) is 0 Å². The number of hydrogen-bond donors (Lipinski definition) is 1. The third-order valence-corrected chi connectivity index (χ3v) is 3.67. The quantitative estimate of drug-likeness (QED) is 0.845. The summed E-state index contributed by atoms with van der Waals surface area (Å²) in [7, 11) is 0. The molecular weight excluding hydrogens is 328 g/mol. The van der Waals surface area contributed by atoms with Crippen molar-refractivity contribution in [2.75, 3.05) is 23.3 Å². The van der Waals surface area contributed by atoms with Crippen LogP contribution in [0.2, 0.25) is 0 Å². The summed E-state index contributed by atoms with van der Waals surface area (Å²) in [6, 6.07) is 17.7. The first-order chi connectivity index (χ1) is 10.2. The molecule has 0 saturated heterocycles. The van der Waals surface area contributed by atoms with Crippen molar-refractivity contribution in [3.63, 3.8) is 0 Å². The molecule has 0 spiro atoms. The number of halogens is 1. The Morgan fingerprint density at radius 3 is 2.57 bits per heavy atom. The maximum atomic E-state index is 12.3. The predicted octanol–water partition coefficient (Wildman–Crippen LogP) is 4.30. The molecule has 0 saturated carbocycles. The Bertz CT molecular complexity index is 586. The lowest BCUT2D eigenvalue weighted by Gasteiger charge is -2.21. The Kier molecular flexibility index (Phi) is 5.81. The number of carbonyl (C=O) groups excluding carboxylic acids is 1. The first-order valence-electron chi connectivity index (χ1n) is 7.05. The van der Waals surface area contributed by atoms with Crippen molar-refractivity contribution in [3.05, 3.63) is 59.1 Å². The number of nitrogens with one attached hydrogen (secondary N) is 1. The summed E-state index contributed by atoms with van der Waals surface area (Å²) in [4.78, 5) is 14.1. The summed E-state index contributed by atoms with van der Waals surface area (Å²) >= 11 is 3.43. The number of anilines is 2. The molecule has 21 heavy (non-hydrogen) atoms. The first-order valence-corrected chi connectivity index (χ1v) is 7.85. The van der Waals surface area contributed by atoms with Crippen LogP contribution in [0.4, 0.5) is 11.4 Å². The molecule has 1 amide bonds. The van der Waals surface area contributed by atoms with Gasteiger partial charge in [0.1, 0.15) is 0 Å².